The number of carboxylic acids is 1. The lowest BCUT2D eigenvalue weighted by molar-refractivity contribution is 0.0690. The summed E-state index contributed by atoms with van der Waals surface area (Å²) in [5.74, 6) is -0.716. The first-order valence-electron chi connectivity index (χ1n) is 11.9. The summed E-state index contributed by atoms with van der Waals surface area (Å²) >= 11 is 0. The van der Waals surface area contributed by atoms with Crippen LogP contribution < -0.4 is 0 Å². The molecule has 0 spiro atoms. The Kier molecular flexibility index (Phi) is 7.43. The van der Waals surface area contributed by atoms with E-state index in [9.17, 15) is 9.59 Å². The van der Waals surface area contributed by atoms with Gasteiger partial charge < -0.3 is 10.0 Å². The van der Waals surface area contributed by atoms with E-state index in [0.29, 0.717) is 25.0 Å². The van der Waals surface area contributed by atoms with Gasteiger partial charge in [0.15, 0.2) is 5.69 Å². The molecule has 1 aliphatic carbocycles. The third kappa shape index (κ3) is 5.54. The van der Waals surface area contributed by atoms with Crippen molar-refractivity contribution in [2.75, 3.05) is 20.1 Å². The van der Waals surface area contributed by atoms with E-state index in [4.69, 9.17) is 5.11 Å². The fourth-order valence-electron chi connectivity index (χ4n) is 4.86. The van der Waals surface area contributed by atoms with Gasteiger partial charge in [-0.1, -0.05) is 48.5 Å². The van der Waals surface area contributed by atoms with Crippen LogP contribution in [0.15, 0.2) is 66.9 Å². The highest BCUT2D eigenvalue weighted by atomic mass is 16.4. The molecule has 1 aromatic heterocycles. The largest absolute Gasteiger partial charge is 0.476 e. The fourth-order valence-corrected chi connectivity index (χ4v) is 4.86. The molecular weight excluding hydrogens is 428 g/mol. The number of carbonyl (C=O) groups excluding carboxylic acids is 1. The highest BCUT2D eigenvalue weighted by Crippen LogP contribution is 2.31. The zero-order valence-corrected chi connectivity index (χ0v) is 19.8. The molecule has 1 aliphatic rings. The van der Waals surface area contributed by atoms with Gasteiger partial charge in [-0.15, -0.1) is 0 Å². The summed E-state index contributed by atoms with van der Waals surface area (Å²) in [7, 11) is 2.18. The van der Waals surface area contributed by atoms with Crippen molar-refractivity contribution in [3.8, 4) is 11.1 Å². The third-order valence-corrected chi connectivity index (χ3v) is 6.74. The lowest BCUT2D eigenvalue weighted by Crippen LogP contribution is -2.38. The van der Waals surface area contributed by atoms with Crippen LogP contribution in [-0.2, 0) is 6.54 Å². The number of hydrogen-bond acceptors (Lipinski definition) is 4. The van der Waals surface area contributed by atoms with Crippen molar-refractivity contribution in [2.24, 2.45) is 5.92 Å². The number of carbonyl (C=O) groups is 2. The van der Waals surface area contributed by atoms with Crippen LogP contribution in [0.5, 0.6) is 0 Å². The maximum atomic E-state index is 12.8. The Hall–Kier alpha value is -3.45. The summed E-state index contributed by atoms with van der Waals surface area (Å²) in [5.41, 5.74) is 3.64. The van der Waals surface area contributed by atoms with Crippen LogP contribution in [0, 0.1) is 5.92 Å². The zero-order chi connectivity index (χ0) is 24.1. The maximum absolute atomic E-state index is 12.8. The lowest BCUT2D eigenvalue weighted by atomic mass is 10.0. The first-order valence-corrected chi connectivity index (χ1v) is 11.9. The molecule has 0 aliphatic heterocycles. The van der Waals surface area contributed by atoms with E-state index in [1.807, 2.05) is 13.0 Å². The van der Waals surface area contributed by atoms with Gasteiger partial charge in [0.1, 0.15) is 0 Å². The van der Waals surface area contributed by atoms with Crippen molar-refractivity contribution in [3.05, 3.63) is 78.1 Å². The second-order valence-corrected chi connectivity index (χ2v) is 9.09. The Bertz CT molecular complexity index is 1130. The molecule has 1 saturated carbocycles. The molecule has 2 aromatic carbocycles. The summed E-state index contributed by atoms with van der Waals surface area (Å²) in [4.78, 5) is 28.1. The molecule has 1 N–H and O–H groups in total. The van der Waals surface area contributed by atoms with Gasteiger partial charge in [0.2, 0.25) is 0 Å². The molecule has 4 rings (SSSR count). The van der Waals surface area contributed by atoms with Gasteiger partial charge in [-0.25, -0.2) is 9.59 Å². The predicted molar refractivity (Wildman–Crippen MR) is 132 cm³/mol. The monoisotopic (exact) mass is 460 g/mol. The Morgan fingerprint density at radius 2 is 1.82 bits per heavy atom. The van der Waals surface area contributed by atoms with Crippen LogP contribution in [0.3, 0.4) is 0 Å². The van der Waals surface area contributed by atoms with Gasteiger partial charge >= 0.3 is 12.0 Å². The minimum absolute atomic E-state index is 0.122. The summed E-state index contributed by atoms with van der Waals surface area (Å²) in [5, 5.41) is 12.9. The first kappa shape index (κ1) is 23.7. The van der Waals surface area contributed by atoms with E-state index in [2.05, 4.69) is 65.6 Å². The average Bonchev–Trinajstić information content (AvgIpc) is 3.53. The fraction of sp³-hybridized carbons (Fsp3) is 0.370. The van der Waals surface area contributed by atoms with Crippen molar-refractivity contribution in [2.45, 2.75) is 38.8 Å². The SMILES string of the molecule is CCN(C[C@H]1CC[C@@H](N(C)Cc2cccc(-c3ccccc3)c2)C1)C(=O)n1ccc(C(=O)O)n1. The topological polar surface area (TPSA) is 78.7 Å². The normalized spacial score (nSPS) is 17.7. The predicted octanol–water partition coefficient (Wildman–Crippen LogP) is 4.84. The molecule has 1 amide bonds. The van der Waals surface area contributed by atoms with Crippen molar-refractivity contribution < 1.29 is 14.7 Å². The van der Waals surface area contributed by atoms with Gasteiger partial charge in [-0.2, -0.15) is 9.78 Å². The number of carboxylic acid groups (broad SMARTS) is 1. The van der Waals surface area contributed by atoms with Crippen LogP contribution in [0.4, 0.5) is 4.79 Å². The molecule has 0 bridgehead atoms. The highest BCUT2D eigenvalue weighted by molar-refractivity contribution is 5.86. The molecule has 7 nitrogen and oxygen atoms in total. The number of nitrogens with zero attached hydrogens (tertiary/aromatic N) is 4. The smallest absolute Gasteiger partial charge is 0.356 e. The minimum Gasteiger partial charge on any atom is -0.476 e. The summed E-state index contributed by atoms with van der Waals surface area (Å²) in [6.45, 7) is 4.05. The third-order valence-electron chi connectivity index (χ3n) is 6.74. The number of benzene rings is 2. The first-order chi connectivity index (χ1) is 16.4. The molecular formula is C27H32N4O3. The second kappa shape index (κ2) is 10.7. The van der Waals surface area contributed by atoms with Gasteiger partial charge in [0.05, 0.1) is 0 Å². The van der Waals surface area contributed by atoms with E-state index < -0.39 is 5.97 Å². The average molecular weight is 461 g/mol. The summed E-state index contributed by atoms with van der Waals surface area (Å²) in [6, 6.07) is 20.7. The summed E-state index contributed by atoms with van der Waals surface area (Å²) < 4.78 is 1.13. The zero-order valence-electron chi connectivity index (χ0n) is 19.8. The molecule has 3 aromatic rings. The molecule has 2 atom stereocenters. The van der Waals surface area contributed by atoms with Gasteiger partial charge in [-0.05, 0) is 68.0 Å². The maximum Gasteiger partial charge on any atom is 0.356 e. The van der Waals surface area contributed by atoms with Crippen molar-refractivity contribution >= 4 is 12.0 Å². The van der Waals surface area contributed by atoms with Crippen molar-refractivity contribution in [1.82, 2.24) is 19.6 Å². The number of aromatic carboxylic acids is 1. The minimum atomic E-state index is -1.13. The Morgan fingerprint density at radius 3 is 2.53 bits per heavy atom. The molecule has 34 heavy (non-hydrogen) atoms. The molecule has 1 heterocycles. The van der Waals surface area contributed by atoms with E-state index in [1.165, 1.54) is 29.0 Å². The number of amides is 1. The van der Waals surface area contributed by atoms with E-state index in [0.717, 1.165) is 30.5 Å². The molecule has 0 unspecified atom stereocenters. The number of hydrogen-bond donors (Lipinski definition) is 1. The number of rotatable bonds is 8. The highest BCUT2D eigenvalue weighted by Gasteiger charge is 2.30. The molecule has 0 saturated heterocycles. The molecule has 178 valence electrons. The van der Waals surface area contributed by atoms with Crippen LogP contribution in [0.25, 0.3) is 11.1 Å². The molecule has 7 heteroatoms. The van der Waals surface area contributed by atoms with Crippen LogP contribution in [0.2, 0.25) is 0 Å². The van der Waals surface area contributed by atoms with E-state index >= 15 is 0 Å². The molecule has 0 radical (unpaired) electrons. The Morgan fingerprint density at radius 1 is 1.06 bits per heavy atom. The van der Waals surface area contributed by atoms with Gasteiger partial charge in [-0.3, -0.25) is 4.90 Å². The van der Waals surface area contributed by atoms with Crippen LogP contribution in [-0.4, -0.2) is 62.9 Å². The van der Waals surface area contributed by atoms with E-state index in [1.54, 1.807) is 4.90 Å². The lowest BCUT2D eigenvalue weighted by Gasteiger charge is -2.26. The van der Waals surface area contributed by atoms with Crippen molar-refractivity contribution in [3.63, 3.8) is 0 Å². The Balaban J connectivity index is 1.33. The van der Waals surface area contributed by atoms with Gasteiger partial charge in [0, 0.05) is 31.9 Å². The Labute approximate surface area is 200 Å². The van der Waals surface area contributed by atoms with Crippen molar-refractivity contribution in [1.29, 1.82) is 0 Å². The molecule has 1 fully saturated rings. The van der Waals surface area contributed by atoms with Crippen LogP contribution >= 0.6 is 0 Å². The van der Waals surface area contributed by atoms with Gasteiger partial charge in [0.25, 0.3) is 0 Å². The van der Waals surface area contributed by atoms with E-state index in [-0.39, 0.29) is 11.7 Å². The summed E-state index contributed by atoms with van der Waals surface area (Å²) in [6.07, 6.45) is 4.64. The second-order valence-electron chi connectivity index (χ2n) is 9.09. The number of aromatic nitrogens is 2. The quantitative estimate of drug-likeness (QED) is 0.520. The standard InChI is InChI=1S/C27H32N4O3/c1-3-30(27(34)31-15-14-25(28-31)26(32)33)19-21-12-13-24(17-21)29(2)18-20-8-7-11-23(16-20)22-9-5-4-6-10-22/h4-11,14-16,21,24H,3,12-13,17-19H2,1-2H3,(H,32,33)/t21-,24+/m0/s1. The van der Waals surface area contributed by atoms with Crippen LogP contribution in [0.1, 0.15) is 42.2 Å².